The molecule has 1 aromatic carbocycles. The molecule has 2 amide bonds. The summed E-state index contributed by atoms with van der Waals surface area (Å²) in [7, 11) is 1.72. The first kappa shape index (κ1) is 26.6. The largest absolute Gasteiger partial charge is 0.444 e. The number of hydrogen-bond acceptors (Lipinski definition) is 8. The highest BCUT2D eigenvalue weighted by Crippen LogP contribution is 2.29. The minimum absolute atomic E-state index is 0.0100. The van der Waals surface area contributed by atoms with E-state index in [9.17, 15) is 9.59 Å². The molecule has 1 aromatic heterocycles. The van der Waals surface area contributed by atoms with Crippen molar-refractivity contribution in [1.82, 2.24) is 19.8 Å². The fraction of sp³-hybridized carbons (Fsp3) is 0.481. The lowest BCUT2D eigenvalue weighted by Gasteiger charge is -2.39. The fourth-order valence-corrected chi connectivity index (χ4v) is 4.84. The maximum Gasteiger partial charge on any atom is 0.415 e. The second-order valence-corrected chi connectivity index (χ2v) is 9.24. The first-order valence-electron chi connectivity index (χ1n) is 12.8. The van der Waals surface area contributed by atoms with Crippen molar-refractivity contribution in [3.8, 4) is 0 Å². The average Bonchev–Trinajstić information content (AvgIpc) is 2.93. The summed E-state index contributed by atoms with van der Waals surface area (Å²) >= 11 is 0. The molecule has 2 atom stereocenters. The molecule has 0 saturated carbocycles. The van der Waals surface area contributed by atoms with Crippen molar-refractivity contribution >= 4 is 23.8 Å². The van der Waals surface area contributed by atoms with Gasteiger partial charge in [-0.05, 0) is 37.5 Å². The number of fused-ring (bicyclic) bond motifs is 1. The van der Waals surface area contributed by atoms with Gasteiger partial charge in [-0.2, -0.15) is 4.98 Å². The van der Waals surface area contributed by atoms with Crippen molar-refractivity contribution in [2.45, 2.75) is 39.0 Å². The normalized spacial score (nSPS) is 17.5. The molecule has 4 rings (SSSR count). The van der Waals surface area contributed by atoms with Gasteiger partial charge in [-0.3, -0.25) is 14.6 Å². The molecule has 2 aliphatic rings. The number of rotatable bonds is 10. The standard InChI is InChI=1S/C27H36N6O4/c1-5-24(34)32-14-12-31(13-15-32)23(11-16-36-4)21-9-7-20(8-10-21)19(3)29-26-28-17-22-18-37-27(35)33(6-2)25(22)30-26/h5,7-10,17,19,23H,1,6,11-16,18H2,2-4H3,(H,28,29,30). The Balaban J connectivity index is 1.44. The van der Waals surface area contributed by atoms with E-state index in [1.807, 2.05) is 11.8 Å². The number of cyclic esters (lactones) is 1. The van der Waals surface area contributed by atoms with Crippen LogP contribution in [0.5, 0.6) is 0 Å². The summed E-state index contributed by atoms with van der Waals surface area (Å²) < 4.78 is 10.6. The summed E-state index contributed by atoms with van der Waals surface area (Å²) in [5.74, 6) is 1.05. The van der Waals surface area contributed by atoms with Crippen molar-refractivity contribution in [3.63, 3.8) is 0 Å². The predicted octanol–water partition coefficient (Wildman–Crippen LogP) is 3.53. The van der Waals surface area contributed by atoms with Crippen LogP contribution in [-0.2, 0) is 20.9 Å². The zero-order valence-electron chi connectivity index (χ0n) is 21.9. The molecule has 0 spiro atoms. The molecule has 10 heteroatoms. The minimum atomic E-state index is -0.389. The SMILES string of the molecule is C=CC(=O)N1CCN(C(CCOC)c2ccc(C(C)Nc3ncc4c(n3)N(CC)C(=O)OC4)cc2)CC1. The van der Waals surface area contributed by atoms with Gasteiger partial charge in [0, 0.05) is 58.7 Å². The first-order valence-corrected chi connectivity index (χ1v) is 12.8. The van der Waals surface area contributed by atoms with E-state index in [-0.39, 0.29) is 30.7 Å². The van der Waals surface area contributed by atoms with Crippen LogP contribution in [0.2, 0.25) is 0 Å². The van der Waals surface area contributed by atoms with Gasteiger partial charge in [0.25, 0.3) is 0 Å². The van der Waals surface area contributed by atoms with E-state index in [0.29, 0.717) is 38.0 Å². The van der Waals surface area contributed by atoms with Gasteiger partial charge in [0.1, 0.15) is 12.4 Å². The minimum Gasteiger partial charge on any atom is -0.444 e. The summed E-state index contributed by atoms with van der Waals surface area (Å²) in [5.41, 5.74) is 3.11. The lowest BCUT2D eigenvalue weighted by molar-refractivity contribution is -0.128. The van der Waals surface area contributed by atoms with Crippen LogP contribution >= 0.6 is 0 Å². The number of carbonyl (C=O) groups excluding carboxylic acids is 2. The van der Waals surface area contributed by atoms with Crippen LogP contribution in [-0.4, -0.2) is 78.2 Å². The number of nitrogens with zero attached hydrogens (tertiary/aromatic N) is 5. The molecule has 37 heavy (non-hydrogen) atoms. The Morgan fingerprint density at radius 3 is 2.57 bits per heavy atom. The molecule has 2 unspecified atom stereocenters. The van der Waals surface area contributed by atoms with Crippen molar-refractivity contribution in [2.24, 2.45) is 0 Å². The summed E-state index contributed by atoms with van der Waals surface area (Å²) in [6, 6.07) is 8.75. The van der Waals surface area contributed by atoms with Crippen LogP contribution in [0.1, 0.15) is 49.0 Å². The summed E-state index contributed by atoms with van der Waals surface area (Å²) in [6.07, 6.45) is 3.58. The molecule has 0 radical (unpaired) electrons. The highest BCUT2D eigenvalue weighted by atomic mass is 16.6. The highest BCUT2D eigenvalue weighted by Gasteiger charge is 2.28. The van der Waals surface area contributed by atoms with Crippen LogP contribution in [0, 0.1) is 0 Å². The number of nitrogens with one attached hydrogen (secondary N) is 1. The van der Waals surface area contributed by atoms with E-state index in [1.165, 1.54) is 16.5 Å². The molecule has 2 aromatic rings. The Kier molecular flexibility index (Phi) is 8.73. The van der Waals surface area contributed by atoms with Gasteiger partial charge in [-0.15, -0.1) is 0 Å². The Labute approximate surface area is 218 Å². The van der Waals surface area contributed by atoms with E-state index >= 15 is 0 Å². The predicted molar refractivity (Wildman–Crippen MR) is 141 cm³/mol. The molecular weight excluding hydrogens is 472 g/mol. The van der Waals surface area contributed by atoms with Gasteiger partial charge in [-0.1, -0.05) is 30.8 Å². The third-order valence-electron chi connectivity index (χ3n) is 6.99. The molecule has 2 aliphatic heterocycles. The number of methoxy groups -OCH3 is 1. The van der Waals surface area contributed by atoms with Gasteiger partial charge in [0.15, 0.2) is 0 Å². The number of carbonyl (C=O) groups is 2. The molecule has 3 heterocycles. The van der Waals surface area contributed by atoms with Gasteiger partial charge in [0.2, 0.25) is 11.9 Å². The van der Waals surface area contributed by atoms with Gasteiger partial charge in [0.05, 0.1) is 11.6 Å². The number of hydrogen-bond donors (Lipinski definition) is 1. The van der Waals surface area contributed by atoms with E-state index in [4.69, 9.17) is 9.47 Å². The zero-order valence-corrected chi connectivity index (χ0v) is 21.9. The Morgan fingerprint density at radius 2 is 1.92 bits per heavy atom. The molecule has 1 fully saturated rings. The maximum absolute atomic E-state index is 12.1. The van der Waals surface area contributed by atoms with Crippen molar-refractivity contribution in [2.75, 3.05) is 56.7 Å². The van der Waals surface area contributed by atoms with E-state index < -0.39 is 0 Å². The second kappa shape index (κ2) is 12.2. The zero-order chi connectivity index (χ0) is 26.4. The quantitative estimate of drug-likeness (QED) is 0.487. The fourth-order valence-electron chi connectivity index (χ4n) is 4.84. The second-order valence-electron chi connectivity index (χ2n) is 9.24. The van der Waals surface area contributed by atoms with Gasteiger partial charge < -0.3 is 19.7 Å². The van der Waals surface area contributed by atoms with Gasteiger partial charge >= 0.3 is 6.09 Å². The van der Waals surface area contributed by atoms with E-state index in [0.717, 1.165) is 30.6 Å². The van der Waals surface area contributed by atoms with Crippen molar-refractivity contribution in [3.05, 3.63) is 59.8 Å². The molecule has 10 nitrogen and oxygen atoms in total. The van der Waals surface area contributed by atoms with Crippen LogP contribution in [0.3, 0.4) is 0 Å². The number of ether oxygens (including phenoxy) is 2. The average molecular weight is 509 g/mol. The molecule has 1 saturated heterocycles. The van der Waals surface area contributed by atoms with E-state index in [2.05, 4.69) is 58.0 Å². The van der Waals surface area contributed by atoms with Crippen LogP contribution < -0.4 is 10.2 Å². The van der Waals surface area contributed by atoms with E-state index in [1.54, 1.807) is 13.3 Å². The molecule has 0 bridgehead atoms. The Morgan fingerprint density at radius 1 is 1.22 bits per heavy atom. The van der Waals surface area contributed by atoms with Crippen LogP contribution in [0.25, 0.3) is 0 Å². The number of aromatic nitrogens is 2. The van der Waals surface area contributed by atoms with Crippen LogP contribution in [0.15, 0.2) is 43.1 Å². The third-order valence-corrected chi connectivity index (χ3v) is 6.99. The molecule has 0 aliphatic carbocycles. The van der Waals surface area contributed by atoms with Crippen molar-refractivity contribution in [1.29, 1.82) is 0 Å². The summed E-state index contributed by atoms with van der Waals surface area (Å²) in [5, 5.41) is 3.36. The maximum atomic E-state index is 12.1. The summed E-state index contributed by atoms with van der Waals surface area (Å²) in [4.78, 5) is 38.8. The lowest BCUT2D eigenvalue weighted by Crippen LogP contribution is -2.49. The molecular formula is C27H36N6O4. The van der Waals surface area contributed by atoms with Crippen LogP contribution in [0.4, 0.5) is 16.6 Å². The molecule has 1 N–H and O–H groups in total. The smallest absolute Gasteiger partial charge is 0.415 e. The molecule has 198 valence electrons. The first-order chi connectivity index (χ1) is 17.9. The number of piperazine rings is 1. The Bertz CT molecular complexity index is 1100. The third kappa shape index (κ3) is 6.08. The van der Waals surface area contributed by atoms with Crippen molar-refractivity contribution < 1.29 is 19.1 Å². The monoisotopic (exact) mass is 508 g/mol. The number of anilines is 2. The highest BCUT2D eigenvalue weighted by molar-refractivity contribution is 5.89. The Hall–Kier alpha value is -3.50. The van der Waals surface area contributed by atoms with Gasteiger partial charge in [-0.25, -0.2) is 9.78 Å². The summed E-state index contributed by atoms with van der Waals surface area (Å²) in [6.45, 7) is 11.9. The topological polar surface area (TPSA) is 100 Å². The lowest BCUT2D eigenvalue weighted by atomic mass is 9.98. The number of benzene rings is 1. The number of amides is 2.